The first-order chi connectivity index (χ1) is 10.9. The van der Waals surface area contributed by atoms with Crippen LogP contribution in [-0.4, -0.2) is 27.3 Å². The van der Waals surface area contributed by atoms with Gasteiger partial charge in [0.1, 0.15) is 17.9 Å². The third kappa shape index (κ3) is 4.24. The summed E-state index contributed by atoms with van der Waals surface area (Å²) in [5.41, 5.74) is 0.232. The Morgan fingerprint density at radius 2 is 2.09 bits per heavy atom. The summed E-state index contributed by atoms with van der Waals surface area (Å²) in [6.45, 7) is 0.946. The second-order valence-electron chi connectivity index (χ2n) is 5.34. The third-order valence-corrected chi connectivity index (χ3v) is 3.30. The molecule has 0 aliphatic heterocycles. The molecule has 0 aliphatic rings. The Morgan fingerprint density at radius 3 is 2.65 bits per heavy atom. The molecule has 0 radical (unpaired) electrons. The number of rotatable bonds is 6. The zero-order valence-corrected chi connectivity index (χ0v) is 13.0. The predicted molar refractivity (Wildman–Crippen MR) is 79.1 cm³/mol. The quantitative estimate of drug-likeness (QED) is 0.886. The lowest BCUT2D eigenvalue weighted by atomic mass is 10.0. The summed E-state index contributed by atoms with van der Waals surface area (Å²) in [6, 6.07) is 5.30. The van der Waals surface area contributed by atoms with Crippen LogP contribution in [0, 0.1) is 5.92 Å². The Hall–Kier alpha value is -2.51. The molecule has 1 N–H and O–H groups in total. The normalized spacial score (nSPS) is 12.5. The van der Waals surface area contributed by atoms with Crippen LogP contribution < -0.4 is 10.1 Å². The van der Waals surface area contributed by atoms with E-state index in [2.05, 4.69) is 20.1 Å². The van der Waals surface area contributed by atoms with Gasteiger partial charge in [-0.2, -0.15) is 13.9 Å². The van der Waals surface area contributed by atoms with Crippen LogP contribution >= 0.6 is 0 Å². The molecule has 0 fully saturated rings. The molecule has 2 rings (SSSR count). The molecule has 1 aromatic carbocycles. The molecule has 8 heteroatoms. The van der Waals surface area contributed by atoms with E-state index >= 15 is 0 Å². The molecule has 6 nitrogen and oxygen atoms in total. The Bertz CT molecular complexity index is 673. The van der Waals surface area contributed by atoms with Gasteiger partial charge in [0.15, 0.2) is 0 Å². The maximum absolute atomic E-state index is 12.4. The number of ether oxygens (including phenoxy) is 1. The number of amides is 1. The van der Waals surface area contributed by atoms with E-state index in [0.29, 0.717) is 5.82 Å². The van der Waals surface area contributed by atoms with Gasteiger partial charge in [0.2, 0.25) is 0 Å². The molecule has 0 spiro atoms. The highest BCUT2D eigenvalue weighted by Crippen LogP contribution is 2.21. The van der Waals surface area contributed by atoms with E-state index < -0.39 is 12.5 Å². The lowest BCUT2D eigenvalue weighted by Gasteiger charge is -2.21. The first-order valence-electron chi connectivity index (χ1n) is 7.08. The standard InChI is InChI=1S/C15H18F2N4O2/c1-9(2)12(13-18-8-19-21(13)3)20-14(22)10-5-4-6-11(7-10)23-15(16)17/h4-9,12,15H,1-3H3,(H,20,22)/t12-/m0/s1. The summed E-state index contributed by atoms with van der Waals surface area (Å²) in [4.78, 5) is 16.5. The average molecular weight is 324 g/mol. The molecule has 0 saturated heterocycles. The molecule has 0 unspecified atom stereocenters. The molecular weight excluding hydrogens is 306 g/mol. The molecule has 0 saturated carbocycles. The van der Waals surface area contributed by atoms with Crippen LogP contribution in [0.2, 0.25) is 0 Å². The Balaban J connectivity index is 2.18. The van der Waals surface area contributed by atoms with Crippen molar-refractivity contribution in [1.29, 1.82) is 0 Å². The van der Waals surface area contributed by atoms with E-state index in [1.54, 1.807) is 11.7 Å². The number of nitrogens with one attached hydrogen (secondary N) is 1. The van der Waals surface area contributed by atoms with E-state index in [4.69, 9.17) is 0 Å². The second-order valence-corrected chi connectivity index (χ2v) is 5.34. The first-order valence-corrected chi connectivity index (χ1v) is 7.08. The van der Waals surface area contributed by atoms with Crippen LogP contribution in [0.25, 0.3) is 0 Å². The van der Waals surface area contributed by atoms with Crippen molar-refractivity contribution in [1.82, 2.24) is 20.1 Å². The highest BCUT2D eigenvalue weighted by molar-refractivity contribution is 5.94. The smallest absolute Gasteiger partial charge is 0.387 e. The van der Waals surface area contributed by atoms with E-state index in [1.165, 1.54) is 30.6 Å². The van der Waals surface area contributed by atoms with Crippen LogP contribution in [-0.2, 0) is 7.05 Å². The van der Waals surface area contributed by atoms with E-state index in [-0.39, 0.29) is 23.3 Å². The third-order valence-electron chi connectivity index (χ3n) is 3.30. The SMILES string of the molecule is CC(C)[C@H](NC(=O)c1cccc(OC(F)F)c1)c1ncnn1C. The van der Waals surface area contributed by atoms with E-state index in [1.807, 2.05) is 13.8 Å². The van der Waals surface area contributed by atoms with Gasteiger partial charge in [0.25, 0.3) is 5.91 Å². The van der Waals surface area contributed by atoms with Gasteiger partial charge >= 0.3 is 6.61 Å². The van der Waals surface area contributed by atoms with Crippen molar-refractivity contribution in [3.05, 3.63) is 42.0 Å². The van der Waals surface area contributed by atoms with Crippen molar-refractivity contribution >= 4 is 5.91 Å². The minimum atomic E-state index is -2.93. The van der Waals surface area contributed by atoms with Crippen molar-refractivity contribution in [2.45, 2.75) is 26.5 Å². The fourth-order valence-corrected chi connectivity index (χ4v) is 2.15. The minimum Gasteiger partial charge on any atom is -0.435 e. The van der Waals surface area contributed by atoms with Gasteiger partial charge in [0.05, 0.1) is 6.04 Å². The number of nitrogens with zero attached hydrogens (tertiary/aromatic N) is 3. The number of carbonyl (C=O) groups excluding carboxylic acids is 1. The Kier molecular flexibility index (Phi) is 5.25. The van der Waals surface area contributed by atoms with Crippen molar-refractivity contribution in [3.63, 3.8) is 0 Å². The van der Waals surface area contributed by atoms with Gasteiger partial charge in [0, 0.05) is 12.6 Å². The lowest BCUT2D eigenvalue weighted by molar-refractivity contribution is -0.0498. The van der Waals surface area contributed by atoms with Crippen molar-refractivity contribution in [2.24, 2.45) is 13.0 Å². The number of benzene rings is 1. The number of hydrogen-bond acceptors (Lipinski definition) is 4. The summed E-state index contributed by atoms with van der Waals surface area (Å²) in [5.74, 6) is 0.231. The number of aryl methyl sites for hydroxylation is 1. The van der Waals surface area contributed by atoms with Gasteiger partial charge in [-0.05, 0) is 24.1 Å². The molecule has 124 valence electrons. The number of halogens is 2. The van der Waals surface area contributed by atoms with Crippen LogP contribution in [0.3, 0.4) is 0 Å². The molecule has 1 atom stereocenters. The van der Waals surface area contributed by atoms with Crippen LogP contribution in [0.4, 0.5) is 8.78 Å². The predicted octanol–water partition coefficient (Wildman–Crippen LogP) is 2.54. The zero-order chi connectivity index (χ0) is 17.0. The van der Waals surface area contributed by atoms with Crippen molar-refractivity contribution in [2.75, 3.05) is 0 Å². The number of carbonyl (C=O) groups is 1. The second kappa shape index (κ2) is 7.17. The van der Waals surface area contributed by atoms with Gasteiger partial charge in [-0.3, -0.25) is 9.48 Å². The van der Waals surface area contributed by atoms with Crippen LogP contribution in [0.1, 0.15) is 36.1 Å². The fraction of sp³-hybridized carbons (Fsp3) is 0.400. The monoisotopic (exact) mass is 324 g/mol. The number of hydrogen-bond donors (Lipinski definition) is 1. The average Bonchev–Trinajstić information content (AvgIpc) is 2.89. The summed E-state index contributed by atoms with van der Waals surface area (Å²) in [6.07, 6.45) is 1.41. The molecule has 0 aliphatic carbocycles. The van der Waals surface area contributed by atoms with Gasteiger partial charge in [-0.1, -0.05) is 19.9 Å². The van der Waals surface area contributed by atoms with E-state index in [9.17, 15) is 13.6 Å². The summed E-state index contributed by atoms with van der Waals surface area (Å²) in [5, 5.41) is 6.85. The molecule has 0 bridgehead atoms. The summed E-state index contributed by atoms with van der Waals surface area (Å²) >= 11 is 0. The summed E-state index contributed by atoms with van der Waals surface area (Å²) < 4.78 is 30.4. The fourth-order valence-electron chi connectivity index (χ4n) is 2.15. The van der Waals surface area contributed by atoms with Crippen LogP contribution in [0.5, 0.6) is 5.75 Å². The van der Waals surface area contributed by atoms with Gasteiger partial charge in [-0.15, -0.1) is 0 Å². The highest BCUT2D eigenvalue weighted by Gasteiger charge is 2.23. The lowest BCUT2D eigenvalue weighted by Crippen LogP contribution is -2.33. The van der Waals surface area contributed by atoms with Gasteiger partial charge < -0.3 is 10.1 Å². The summed E-state index contributed by atoms with van der Waals surface area (Å²) in [7, 11) is 1.74. The van der Waals surface area contributed by atoms with Crippen molar-refractivity contribution in [3.8, 4) is 5.75 Å². The van der Waals surface area contributed by atoms with Gasteiger partial charge in [-0.25, -0.2) is 4.98 Å². The molecule has 23 heavy (non-hydrogen) atoms. The molecular formula is C15H18F2N4O2. The maximum atomic E-state index is 12.4. The number of aromatic nitrogens is 3. The van der Waals surface area contributed by atoms with Crippen LogP contribution in [0.15, 0.2) is 30.6 Å². The molecule has 1 amide bonds. The first kappa shape index (κ1) is 16.9. The Labute approximate surface area is 132 Å². The maximum Gasteiger partial charge on any atom is 0.387 e. The van der Waals surface area contributed by atoms with Crippen molar-refractivity contribution < 1.29 is 18.3 Å². The number of alkyl halides is 2. The minimum absolute atomic E-state index is 0.0626. The molecule has 1 aromatic heterocycles. The zero-order valence-electron chi connectivity index (χ0n) is 13.0. The Morgan fingerprint density at radius 1 is 1.35 bits per heavy atom. The molecule has 1 heterocycles. The van der Waals surface area contributed by atoms with E-state index in [0.717, 1.165) is 0 Å². The molecule has 2 aromatic rings. The topological polar surface area (TPSA) is 69.0 Å². The largest absolute Gasteiger partial charge is 0.435 e. The highest BCUT2D eigenvalue weighted by atomic mass is 19.3.